The van der Waals surface area contributed by atoms with Gasteiger partial charge in [0, 0.05) is 21.7 Å². The molecule has 0 atom stereocenters. The fourth-order valence-electron chi connectivity index (χ4n) is 8.79. The molecule has 0 radical (unpaired) electrons. The van der Waals surface area contributed by atoms with Crippen LogP contribution in [-0.2, 0) is 0 Å². The number of aromatic nitrogens is 1. The standard InChI is InChI=1S/C51H31N/c1-2-16-33(17-3-1)50-46-31-34(29-30-44(46)49-39-22-8-6-20-36(39)37-21-7-13-27-45(37)51(49)52-50)47-40-23-9-11-25-42(40)48(43-26-12-10-24-41(43)47)38-28-14-18-32-15-4-5-19-35(32)38/h1-31H. The molecule has 0 amide bonds. The zero-order chi connectivity index (χ0) is 34.2. The van der Waals surface area contributed by atoms with Crippen molar-refractivity contribution in [3.63, 3.8) is 0 Å². The highest BCUT2D eigenvalue weighted by Gasteiger charge is 2.21. The van der Waals surface area contributed by atoms with Crippen LogP contribution in [0, 0.1) is 0 Å². The van der Waals surface area contributed by atoms with Crippen LogP contribution < -0.4 is 0 Å². The summed E-state index contributed by atoms with van der Waals surface area (Å²) in [7, 11) is 0. The van der Waals surface area contributed by atoms with Gasteiger partial charge in [-0.05, 0) is 82.2 Å². The molecule has 1 nitrogen and oxygen atoms in total. The average molecular weight is 658 g/mol. The van der Waals surface area contributed by atoms with E-state index in [1.165, 1.54) is 86.9 Å². The quantitative estimate of drug-likeness (QED) is 0.136. The highest BCUT2D eigenvalue weighted by molar-refractivity contribution is 6.32. The summed E-state index contributed by atoms with van der Waals surface area (Å²) in [5.41, 5.74) is 8.15. The molecule has 1 heterocycles. The van der Waals surface area contributed by atoms with E-state index in [4.69, 9.17) is 4.98 Å². The minimum absolute atomic E-state index is 1.01. The van der Waals surface area contributed by atoms with Crippen molar-refractivity contribution >= 4 is 75.5 Å². The Morgan fingerprint density at radius 2 is 0.788 bits per heavy atom. The Labute approximate surface area is 301 Å². The van der Waals surface area contributed by atoms with Gasteiger partial charge in [0.15, 0.2) is 0 Å². The van der Waals surface area contributed by atoms with E-state index in [2.05, 4.69) is 188 Å². The third-order valence-electron chi connectivity index (χ3n) is 11.0. The van der Waals surface area contributed by atoms with E-state index < -0.39 is 0 Å². The molecular weight excluding hydrogens is 627 g/mol. The van der Waals surface area contributed by atoms with E-state index in [-0.39, 0.29) is 0 Å². The summed E-state index contributed by atoms with van der Waals surface area (Å²) in [5.74, 6) is 0. The Kier molecular flexibility index (Phi) is 6.32. The van der Waals surface area contributed by atoms with Crippen molar-refractivity contribution in [2.45, 2.75) is 0 Å². The number of rotatable bonds is 3. The van der Waals surface area contributed by atoms with Crippen LogP contribution in [-0.4, -0.2) is 4.98 Å². The van der Waals surface area contributed by atoms with Gasteiger partial charge in [0.2, 0.25) is 0 Å². The first kappa shape index (κ1) is 29.0. The van der Waals surface area contributed by atoms with E-state index in [9.17, 15) is 0 Å². The fraction of sp³-hybridized carbons (Fsp3) is 0. The predicted molar refractivity (Wildman–Crippen MR) is 223 cm³/mol. The molecule has 52 heavy (non-hydrogen) atoms. The molecule has 0 spiro atoms. The number of hydrogen-bond donors (Lipinski definition) is 0. The maximum Gasteiger partial charge on any atom is 0.0800 e. The van der Waals surface area contributed by atoms with Crippen LogP contribution in [0.5, 0.6) is 0 Å². The lowest BCUT2D eigenvalue weighted by atomic mass is 9.84. The lowest BCUT2D eigenvalue weighted by Gasteiger charge is -2.20. The minimum atomic E-state index is 1.01. The normalized spacial score (nSPS) is 11.8. The summed E-state index contributed by atoms with van der Waals surface area (Å²) in [6, 6.07) is 68.6. The van der Waals surface area contributed by atoms with Gasteiger partial charge in [0.25, 0.3) is 0 Å². The Hall–Kier alpha value is -6.83. The molecule has 0 bridgehead atoms. The summed E-state index contributed by atoms with van der Waals surface area (Å²) in [6.45, 7) is 0. The van der Waals surface area contributed by atoms with Crippen LogP contribution in [0.2, 0.25) is 0 Å². The monoisotopic (exact) mass is 657 g/mol. The van der Waals surface area contributed by atoms with Crippen LogP contribution in [0.1, 0.15) is 0 Å². The molecule has 0 saturated heterocycles. The van der Waals surface area contributed by atoms with Gasteiger partial charge >= 0.3 is 0 Å². The van der Waals surface area contributed by atoms with E-state index in [1.807, 2.05) is 0 Å². The van der Waals surface area contributed by atoms with Gasteiger partial charge in [-0.3, -0.25) is 0 Å². The zero-order valence-electron chi connectivity index (χ0n) is 28.3. The second-order valence-corrected chi connectivity index (χ2v) is 13.8. The van der Waals surface area contributed by atoms with Crippen molar-refractivity contribution in [1.82, 2.24) is 4.98 Å². The zero-order valence-corrected chi connectivity index (χ0v) is 28.3. The van der Waals surface area contributed by atoms with E-state index in [0.29, 0.717) is 0 Å². The second-order valence-electron chi connectivity index (χ2n) is 13.8. The van der Waals surface area contributed by atoms with Crippen LogP contribution >= 0.6 is 0 Å². The van der Waals surface area contributed by atoms with Crippen molar-refractivity contribution in [2.24, 2.45) is 0 Å². The minimum Gasteiger partial charge on any atom is -0.246 e. The van der Waals surface area contributed by atoms with Gasteiger partial charge < -0.3 is 0 Å². The van der Waals surface area contributed by atoms with Gasteiger partial charge in [-0.25, -0.2) is 4.98 Å². The first-order valence-corrected chi connectivity index (χ1v) is 18.0. The van der Waals surface area contributed by atoms with Crippen molar-refractivity contribution in [1.29, 1.82) is 0 Å². The highest BCUT2D eigenvalue weighted by atomic mass is 14.7. The summed E-state index contributed by atoms with van der Waals surface area (Å²) >= 11 is 0. The smallest absolute Gasteiger partial charge is 0.0800 e. The van der Waals surface area contributed by atoms with E-state index >= 15 is 0 Å². The molecule has 0 unspecified atom stereocenters. The van der Waals surface area contributed by atoms with Gasteiger partial charge in [-0.1, -0.05) is 182 Å². The number of pyridine rings is 1. The Morgan fingerprint density at radius 3 is 1.48 bits per heavy atom. The molecule has 0 aliphatic carbocycles. The molecular formula is C51H31N. The molecule has 0 aliphatic heterocycles. The molecule has 0 N–H and O–H groups in total. The summed E-state index contributed by atoms with van der Waals surface area (Å²) in [5, 5.41) is 16.0. The Bertz CT molecular complexity index is 3170. The SMILES string of the molecule is c1ccc(-c2nc3c4ccccc4c4ccccc4c3c3ccc(-c4c5ccccc5c(-c5cccc6ccccc56)c5ccccc45)cc23)cc1. The molecule has 0 saturated carbocycles. The predicted octanol–water partition coefficient (Wildman–Crippen LogP) is 14.2. The molecule has 11 aromatic rings. The first-order valence-electron chi connectivity index (χ1n) is 18.0. The van der Waals surface area contributed by atoms with Crippen molar-refractivity contribution in [2.75, 3.05) is 0 Å². The molecule has 240 valence electrons. The molecule has 1 heteroatoms. The average Bonchev–Trinajstić information content (AvgIpc) is 3.22. The lowest BCUT2D eigenvalue weighted by Crippen LogP contribution is -1.94. The third-order valence-corrected chi connectivity index (χ3v) is 11.0. The molecule has 0 fully saturated rings. The Morgan fingerprint density at radius 1 is 0.288 bits per heavy atom. The molecule has 11 rings (SSSR count). The molecule has 1 aromatic heterocycles. The van der Waals surface area contributed by atoms with E-state index in [1.54, 1.807) is 0 Å². The maximum atomic E-state index is 5.59. The molecule has 10 aromatic carbocycles. The summed E-state index contributed by atoms with van der Waals surface area (Å²) in [6.07, 6.45) is 0. The second kappa shape index (κ2) is 11.3. The molecule has 0 aliphatic rings. The fourth-order valence-corrected chi connectivity index (χ4v) is 8.79. The van der Waals surface area contributed by atoms with Crippen LogP contribution in [0.3, 0.4) is 0 Å². The topological polar surface area (TPSA) is 12.9 Å². The summed E-state index contributed by atoms with van der Waals surface area (Å²) < 4.78 is 0. The van der Waals surface area contributed by atoms with Crippen molar-refractivity contribution in [3.8, 4) is 33.5 Å². The first-order chi connectivity index (χ1) is 25.8. The van der Waals surface area contributed by atoms with Gasteiger partial charge in [-0.2, -0.15) is 0 Å². The van der Waals surface area contributed by atoms with Gasteiger partial charge in [-0.15, -0.1) is 0 Å². The van der Waals surface area contributed by atoms with Crippen molar-refractivity contribution < 1.29 is 0 Å². The number of hydrogen-bond acceptors (Lipinski definition) is 1. The van der Waals surface area contributed by atoms with Gasteiger partial charge in [0.05, 0.1) is 11.2 Å². The van der Waals surface area contributed by atoms with Crippen LogP contribution in [0.4, 0.5) is 0 Å². The largest absolute Gasteiger partial charge is 0.246 e. The summed E-state index contributed by atoms with van der Waals surface area (Å²) in [4.78, 5) is 5.59. The number of nitrogens with zero attached hydrogens (tertiary/aromatic N) is 1. The maximum absolute atomic E-state index is 5.59. The van der Waals surface area contributed by atoms with Crippen LogP contribution in [0.25, 0.3) is 109 Å². The highest BCUT2D eigenvalue weighted by Crippen LogP contribution is 2.47. The number of benzene rings is 10. The van der Waals surface area contributed by atoms with Crippen LogP contribution in [0.15, 0.2) is 188 Å². The number of fused-ring (bicyclic) bond motifs is 11. The Balaban J connectivity index is 1.28. The van der Waals surface area contributed by atoms with E-state index in [0.717, 1.165) is 22.2 Å². The third kappa shape index (κ3) is 4.20. The van der Waals surface area contributed by atoms with Crippen molar-refractivity contribution in [3.05, 3.63) is 188 Å². The van der Waals surface area contributed by atoms with Gasteiger partial charge in [0.1, 0.15) is 0 Å². The lowest BCUT2D eigenvalue weighted by molar-refractivity contribution is 1.44.